The molecule has 0 aromatic heterocycles. The predicted octanol–water partition coefficient (Wildman–Crippen LogP) is 2.53. The van der Waals surface area contributed by atoms with Crippen molar-refractivity contribution in [1.82, 2.24) is 0 Å². The number of ether oxygens (including phenoxy) is 2. The lowest BCUT2D eigenvalue weighted by Crippen LogP contribution is -2.16. The Kier molecular flexibility index (Phi) is 9.08. The molecule has 1 rings (SSSR count). The summed E-state index contributed by atoms with van der Waals surface area (Å²) in [5.41, 5.74) is 3.56. The van der Waals surface area contributed by atoms with Crippen LogP contribution in [-0.4, -0.2) is 41.3 Å². The van der Waals surface area contributed by atoms with Gasteiger partial charge in [0.05, 0.1) is 17.9 Å². The van der Waals surface area contributed by atoms with Crippen LogP contribution in [0.25, 0.3) is 0 Å². The maximum Gasteiger partial charge on any atom is 0.338 e. The number of hydrogen-bond donors (Lipinski definition) is 2. The molecule has 2 N–H and O–H groups in total. The number of carbonyl (C=O) groups excluding carboxylic acids is 3. The average molecular weight is 390 g/mol. The fraction of sp³-hybridized carbons (Fsp3) is 0.316. The Bertz CT molecular complexity index is 795. The van der Waals surface area contributed by atoms with Crippen LogP contribution in [0.5, 0.6) is 0 Å². The van der Waals surface area contributed by atoms with E-state index in [9.17, 15) is 19.2 Å². The molecule has 150 valence electrons. The molecule has 0 saturated heterocycles. The monoisotopic (exact) mass is 390 g/mol. The molecular formula is C19H22N2O7. The number of benzene rings is 1. The van der Waals surface area contributed by atoms with E-state index in [1.807, 2.05) is 0 Å². The van der Waals surface area contributed by atoms with Gasteiger partial charge in [0, 0.05) is 12.0 Å². The largest absolute Gasteiger partial charge is 0.478 e. The lowest BCUT2D eigenvalue weighted by atomic mass is 10.2. The number of anilines is 1. The molecule has 0 unspecified atom stereocenters. The first-order chi connectivity index (χ1) is 13.2. The molecule has 0 aliphatic rings. The van der Waals surface area contributed by atoms with E-state index in [1.54, 1.807) is 19.1 Å². The van der Waals surface area contributed by atoms with Crippen molar-refractivity contribution in [3.63, 3.8) is 0 Å². The van der Waals surface area contributed by atoms with Gasteiger partial charge in [-0.3, -0.25) is 15.0 Å². The number of Topliss-reactive ketones (excluding diaryl/α,β-unsaturated/α-hetero) is 1. The molecule has 0 fully saturated rings. The lowest BCUT2D eigenvalue weighted by Gasteiger charge is -2.07. The van der Waals surface area contributed by atoms with Crippen molar-refractivity contribution >= 4 is 35.3 Å². The van der Waals surface area contributed by atoms with Gasteiger partial charge in [-0.15, -0.1) is 5.10 Å². The van der Waals surface area contributed by atoms with Crippen LogP contribution in [0, 0.1) is 0 Å². The molecule has 28 heavy (non-hydrogen) atoms. The molecule has 0 spiro atoms. The first kappa shape index (κ1) is 22.6. The minimum Gasteiger partial charge on any atom is -0.478 e. The Morgan fingerprint density at radius 3 is 2.32 bits per heavy atom. The first-order valence-corrected chi connectivity index (χ1v) is 8.42. The number of carboxylic acids is 1. The van der Waals surface area contributed by atoms with Gasteiger partial charge in [-0.05, 0) is 45.0 Å². The maximum atomic E-state index is 11.7. The highest BCUT2D eigenvalue weighted by Crippen LogP contribution is 2.11. The summed E-state index contributed by atoms with van der Waals surface area (Å²) >= 11 is 0. The molecule has 9 heteroatoms. The van der Waals surface area contributed by atoms with Crippen molar-refractivity contribution in [3.8, 4) is 0 Å². The van der Waals surface area contributed by atoms with Gasteiger partial charge in [-0.25, -0.2) is 9.59 Å². The molecule has 0 aliphatic carbocycles. The number of hydrogen-bond acceptors (Lipinski definition) is 8. The van der Waals surface area contributed by atoms with Crippen LogP contribution >= 0.6 is 0 Å². The maximum absolute atomic E-state index is 11.7. The molecule has 9 nitrogen and oxygen atoms in total. The Labute approximate surface area is 162 Å². The number of nitrogens with one attached hydrogen (secondary N) is 1. The third-order valence-electron chi connectivity index (χ3n) is 3.25. The minimum atomic E-state index is -1.11. The molecule has 0 radical (unpaired) electrons. The number of carbonyl (C=O) groups is 4. The Balaban J connectivity index is 2.89. The van der Waals surface area contributed by atoms with Crippen LogP contribution in [0.4, 0.5) is 5.69 Å². The zero-order valence-corrected chi connectivity index (χ0v) is 15.9. The van der Waals surface area contributed by atoms with Crippen molar-refractivity contribution in [2.45, 2.75) is 33.6 Å². The lowest BCUT2D eigenvalue weighted by molar-refractivity contribution is -0.138. The fourth-order valence-corrected chi connectivity index (χ4v) is 1.83. The Morgan fingerprint density at radius 1 is 1.14 bits per heavy atom. The predicted molar refractivity (Wildman–Crippen MR) is 101 cm³/mol. The van der Waals surface area contributed by atoms with Gasteiger partial charge in [0.25, 0.3) is 0 Å². The standard InChI is InChI=1S/C19H22N2O7/c1-4-27-19(26)14-6-8-15(9-7-14)20-21-16(10-5-12(2)18(24)25)28-17(23)11-13(3)22/h5-9,20H,4,10-11H2,1-3H3,(H,24,25). The zero-order valence-electron chi connectivity index (χ0n) is 15.9. The van der Waals surface area contributed by atoms with E-state index < -0.39 is 24.3 Å². The van der Waals surface area contributed by atoms with Crippen LogP contribution in [0.15, 0.2) is 41.0 Å². The summed E-state index contributed by atoms with van der Waals surface area (Å²) in [6.45, 7) is 4.61. The van der Waals surface area contributed by atoms with E-state index in [0.717, 1.165) is 0 Å². The highest BCUT2D eigenvalue weighted by molar-refractivity contribution is 5.99. The van der Waals surface area contributed by atoms with Crippen molar-refractivity contribution in [2.24, 2.45) is 5.10 Å². The summed E-state index contributed by atoms with van der Waals surface area (Å²) in [5, 5.41) is 12.8. The smallest absolute Gasteiger partial charge is 0.338 e. The third kappa shape index (κ3) is 8.26. The Morgan fingerprint density at radius 2 is 1.79 bits per heavy atom. The van der Waals surface area contributed by atoms with Crippen LogP contribution in [0.2, 0.25) is 0 Å². The van der Waals surface area contributed by atoms with E-state index in [4.69, 9.17) is 14.6 Å². The van der Waals surface area contributed by atoms with E-state index in [0.29, 0.717) is 11.3 Å². The second-order valence-electron chi connectivity index (χ2n) is 5.66. The van der Waals surface area contributed by atoms with Crippen molar-refractivity contribution < 1.29 is 33.8 Å². The minimum absolute atomic E-state index is 0.0501. The van der Waals surface area contributed by atoms with Crippen LogP contribution < -0.4 is 5.43 Å². The summed E-state index contributed by atoms with van der Waals surface area (Å²) in [4.78, 5) is 45.2. The number of rotatable bonds is 9. The third-order valence-corrected chi connectivity index (χ3v) is 3.25. The molecular weight excluding hydrogens is 368 g/mol. The molecule has 0 heterocycles. The van der Waals surface area contributed by atoms with Gasteiger partial charge in [0.2, 0.25) is 5.90 Å². The normalized spacial score (nSPS) is 11.5. The number of esters is 2. The molecule has 0 aliphatic heterocycles. The van der Waals surface area contributed by atoms with E-state index >= 15 is 0 Å². The zero-order chi connectivity index (χ0) is 21.1. The number of carboxylic acid groups (broad SMARTS) is 1. The average Bonchev–Trinajstić information content (AvgIpc) is 2.63. The van der Waals surface area contributed by atoms with Gasteiger partial charge in [-0.2, -0.15) is 0 Å². The van der Waals surface area contributed by atoms with Crippen LogP contribution in [-0.2, 0) is 23.9 Å². The summed E-state index contributed by atoms with van der Waals surface area (Å²) in [6, 6.07) is 6.21. The molecule has 1 aromatic carbocycles. The van der Waals surface area contributed by atoms with Gasteiger partial charge in [0.15, 0.2) is 0 Å². The molecule has 0 saturated carbocycles. The first-order valence-electron chi connectivity index (χ1n) is 8.42. The van der Waals surface area contributed by atoms with Crippen LogP contribution in [0.3, 0.4) is 0 Å². The quantitative estimate of drug-likeness (QED) is 0.164. The number of ketones is 1. The van der Waals surface area contributed by atoms with E-state index in [-0.39, 0.29) is 30.3 Å². The van der Waals surface area contributed by atoms with Crippen LogP contribution in [0.1, 0.15) is 44.0 Å². The SMILES string of the molecule is CCOC(=O)c1ccc(NN=C(CC=C(C)C(=O)O)OC(=O)CC(C)=O)cc1. The number of nitrogens with zero attached hydrogens (tertiary/aromatic N) is 1. The highest BCUT2D eigenvalue weighted by atomic mass is 16.5. The molecule has 0 atom stereocenters. The molecule has 0 bridgehead atoms. The summed E-state index contributed by atoms with van der Waals surface area (Å²) in [5.74, 6) is -2.85. The van der Waals surface area contributed by atoms with Gasteiger partial charge in [-0.1, -0.05) is 6.08 Å². The Hall–Kier alpha value is -3.49. The molecule has 0 amide bonds. The fourth-order valence-electron chi connectivity index (χ4n) is 1.83. The van der Waals surface area contributed by atoms with Crippen molar-refractivity contribution in [2.75, 3.05) is 12.0 Å². The van der Waals surface area contributed by atoms with Crippen molar-refractivity contribution in [3.05, 3.63) is 41.5 Å². The highest BCUT2D eigenvalue weighted by Gasteiger charge is 2.12. The van der Waals surface area contributed by atoms with E-state index in [1.165, 1.54) is 32.1 Å². The second kappa shape index (κ2) is 11.3. The topological polar surface area (TPSA) is 131 Å². The van der Waals surface area contributed by atoms with E-state index in [2.05, 4.69) is 10.5 Å². The second-order valence-corrected chi connectivity index (χ2v) is 5.66. The number of hydrazone groups is 1. The summed E-state index contributed by atoms with van der Waals surface area (Å²) in [6.07, 6.45) is 0.832. The van der Waals surface area contributed by atoms with Gasteiger partial charge in [0.1, 0.15) is 12.2 Å². The van der Waals surface area contributed by atoms with Crippen molar-refractivity contribution in [1.29, 1.82) is 0 Å². The van der Waals surface area contributed by atoms with Gasteiger partial charge < -0.3 is 14.6 Å². The summed E-state index contributed by atoms with van der Waals surface area (Å²) in [7, 11) is 0. The molecule has 1 aromatic rings. The number of aliphatic carboxylic acids is 1. The summed E-state index contributed by atoms with van der Waals surface area (Å²) < 4.78 is 9.91. The van der Waals surface area contributed by atoms with Gasteiger partial charge >= 0.3 is 17.9 Å².